The lowest BCUT2D eigenvalue weighted by Gasteiger charge is -2.36. The molecule has 2 unspecified atom stereocenters. The third kappa shape index (κ3) is 2.58. The summed E-state index contributed by atoms with van der Waals surface area (Å²) in [5, 5.41) is 8.01. The molecular formula is C10H14ClN3O. The summed E-state index contributed by atoms with van der Waals surface area (Å²) < 4.78 is 5.66. The van der Waals surface area contributed by atoms with E-state index in [1.165, 1.54) is 0 Å². The Labute approximate surface area is 94.2 Å². The van der Waals surface area contributed by atoms with E-state index in [2.05, 4.69) is 28.9 Å². The van der Waals surface area contributed by atoms with Crippen LogP contribution >= 0.6 is 11.6 Å². The number of rotatable bonds is 1. The molecule has 0 saturated carbocycles. The molecule has 0 radical (unpaired) electrons. The smallest absolute Gasteiger partial charge is 0.153 e. The van der Waals surface area contributed by atoms with Crippen LogP contribution in [0.4, 0.5) is 5.69 Å². The zero-order valence-electron chi connectivity index (χ0n) is 8.85. The quantitative estimate of drug-likeness (QED) is 0.733. The van der Waals surface area contributed by atoms with E-state index in [-0.39, 0.29) is 12.2 Å². The number of morpholine rings is 1. The van der Waals surface area contributed by atoms with Crippen LogP contribution in [-0.2, 0) is 4.74 Å². The minimum Gasteiger partial charge on any atom is -0.372 e. The van der Waals surface area contributed by atoms with Crippen molar-refractivity contribution < 1.29 is 4.74 Å². The molecule has 0 bridgehead atoms. The number of ether oxygens (including phenoxy) is 1. The molecule has 2 atom stereocenters. The van der Waals surface area contributed by atoms with Gasteiger partial charge < -0.3 is 9.64 Å². The first-order valence-electron chi connectivity index (χ1n) is 5.04. The molecule has 0 N–H and O–H groups in total. The third-order valence-corrected chi connectivity index (χ3v) is 2.58. The van der Waals surface area contributed by atoms with Gasteiger partial charge in [-0.2, -0.15) is 5.10 Å². The van der Waals surface area contributed by atoms with Crippen LogP contribution in [-0.4, -0.2) is 35.5 Å². The molecular weight excluding hydrogens is 214 g/mol. The van der Waals surface area contributed by atoms with Crippen molar-refractivity contribution in [1.29, 1.82) is 0 Å². The van der Waals surface area contributed by atoms with Crippen molar-refractivity contribution in [1.82, 2.24) is 10.2 Å². The Morgan fingerprint density at radius 2 is 2.07 bits per heavy atom. The Morgan fingerprint density at radius 3 is 2.67 bits per heavy atom. The molecule has 5 heteroatoms. The molecule has 1 aliphatic heterocycles. The summed E-state index contributed by atoms with van der Waals surface area (Å²) >= 11 is 5.81. The van der Waals surface area contributed by atoms with Crippen molar-refractivity contribution in [3.63, 3.8) is 0 Å². The van der Waals surface area contributed by atoms with Crippen LogP contribution in [0, 0.1) is 0 Å². The first kappa shape index (κ1) is 10.6. The van der Waals surface area contributed by atoms with E-state index < -0.39 is 0 Å². The standard InChI is InChI=1S/C10H14ClN3O/c1-7-5-14(6-8(2)15-7)9-3-10(11)13-12-4-9/h3-4,7-8H,5-6H2,1-2H3. The number of hydrogen-bond acceptors (Lipinski definition) is 4. The number of hydrogen-bond donors (Lipinski definition) is 0. The molecule has 15 heavy (non-hydrogen) atoms. The van der Waals surface area contributed by atoms with Gasteiger partial charge in [-0.05, 0) is 13.8 Å². The van der Waals surface area contributed by atoms with Crippen LogP contribution in [0.15, 0.2) is 12.3 Å². The van der Waals surface area contributed by atoms with Crippen molar-refractivity contribution >= 4 is 17.3 Å². The third-order valence-electron chi connectivity index (χ3n) is 2.40. The van der Waals surface area contributed by atoms with E-state index >= 15 is 0 Å². The average molecular weight is 228 g/mol. The van der Waals surface area contributed by atoms with Gasteiger partial charge in [-0.1, -0.05) is 11.6 Å². The highest BCUT2D eigenvalue weighted by atomic mass is 35.5. The van der Waals surface area contributed by atoms with Crippen LogP contribution in [0.1, 0.15) is 13.8 Å². The SMILES string of the molecule is CC1CN(c2cnnc(Cl)c2)CC(C)O1. The molecule has 0 spiro atoms. The van der Waals surface area contributed by atoms with E-state index in [0.717, 1.165) is 18.8 Å². The maximum atomic E-state index is 5.81. The average Bonchev–Trinajstić information content (AvgIpc) is 2.16. The molecule has 82 valence electrons. The molecule has 4 nitrogen and oxygen atoms in total. The zero-order valence-corrected chi connectivity index (χ0v) is 9.61. The molecule has 1 saturated heterocycles. The van der Waals surface area contributed by atoms with Crippen LogP contribution in [0.3, 0.4) is 0 Å². The van der Waals surface area contributed by atoms with Crippen LogP contribution in [0.25, 0.3) is 0 Å². The Bertz CT molecular complexity index is 337. The molecule has 1 fully saturated rings. The fourth-order valence-electron chi connectivity index (χ4n) is 1.89. The molecule has 0 amide bonds. The van der Waals surface area contributed by atoms with Gasteiger partial charge in [-0.15, -0.1) is 5.10 Å². The summed E-state index contributed by atoms with van der Waals surface area (Å²) in [6, 6.07) is 1.83. The normalized spacial score (nSPS) is 26.7. The van der Waals surface area contributed by atoms with Gasteiger partial charge in [0.25, 0.3) is 0 Å². The lowest BCUT2D eigenvalue weighted by molar-refractivity contribution is -0.00524. The number of nitrogens with zero attached hydrogens (tertiary/aromatic N) is 3. The lowest BCUT2D eigenvalue weighted by atomic mass is 10.2. The fourth-order valence-corrected chi connectivity index (χ4v) is 2.05. The summed E-state index contributed by atoms with van der Waals surface area (Å²) in [4.78, 5) is 2.22. The highest BCUT2D eigenvalue weighted by Gasteiger charge is 2.22. The minimum atomic E-state index is 0.237. The Hall–Kier alpha value is -0.870. The second-order valence-corrected chi connectivity index (χ2v) is 4.29. The van der Waals surface area contributed by atoms with Gasteiger partial charge in [0.05, 0.1) is 24.1 Å². The van der Waals surface area contributed by atoms with E-state index in [1.807, 2.05) is 6.07 Å². The number of anilines is 1. The van der Waals surface area contributed by atoms with Crippen molar-refractivity contribution in [3.8, 4) is 0 Å². The van der Waals surface area contributed by atoms with Gasteiger partial charge >= 0.3 is 0 Å². The van der Waals surface area contributed by atoms with Gasteiger partial charge in [0, 0.05) is 19.2 Å². The van der Waals surface area contributed by atoms with Gasteiger partial charge in [0.2, 0.25) is 0 Å². The minimum absolute atomic E-state index is 0.237. The topological polar surface area (TPSA) is 38.2 Å². The zero-order chi connectivity index (χ0) is 10.8. The number of halogens is 1. The van der Waals surface area contributed by atoms with E-state index in [4.69, 9.17) is 16.3 Å². The second kappa shape index (κ2) is 4.33. The Morgan fingerprint density at radius 1 is 1.40 bits per heavy atom. The summed E-state index contributed by atoms with van der Waals surface area (Å²) in [7, 11) is 0. The van der Waals surface area contributed by atoms with Crippen molar-refractivity contribution in [3.05, 3.63) is 17.4 Å². The molecule has 1 aliphatic rings. The van der Waals surface area contributed by atoms with Crippen molar-refractivity contribution in [2.24, 2.45) is 0 Å². The van der Waals surface area contributed by atoms with Crippen molar-refractivity contribution in [2.75, 3.05) is 18.0 Å². The van der Waals surface area contributed by atoms with E-state index in [0.29, 0.717) is 5.15 Å². The largest absolute Gasteiger partial charge is 0.372 e. The number of aromatic nitrogens is 2. The predicted molar refractivity (Wildman–Crippen MR) is 59.3 cm³/mol. The molecule has 2 heterocycles. The van der Waals surface area contributed by atoms with E-state index in [9.17, 15) is 0 Å². The van der Waals surface area contributed by atoms with Gasteiger partial charge in [0.1, 0.15) is 0 Å². The molecule has 2 rings (SSSR count). The van der Waals surface area contributed by atoms with Gasteiger partial charge in [-0.25, -0.2) is 0 Å². The lowest BCUT2D eigenvalue weighted by Crippen LogP contribution is -2.45. The summed E-state index contributed by atoms with van der Waals surface area (Å²) in [6.45, 7) is 5.87. The van der Waals surface area contributed by atoms with Gasteiger partial charge in [-0.3, -0.25) is 0 Å². The van der Waals surface area contributed by atoms with E-state index in [1.54, 1.807) is 6.20 Å². The molecule has 0 aliphatic carbocycles. The van der Waals surface area contributed by atoms with Crippen molar-refractivity contribution in [2.45, 2.75) is 26.1 Å². The summed E-state index contributed by atoms with van der Waals surface area (Å²) in [6.07, 6.45) is 2.21. The summed E-state index contributed by atoms with van der Waals surface area (Å²) in [5.41, 5.74) is 1.01. The van der Waals surface area contributed by atoms with Crippen LogP contribution < -0.4 is 4.90 Å². The van der Waals surface area contributed by atoms with Gasteiger partial charge in [0.15, 0.2) is 5.15 Å². The molecule has 1 aromatic heterocycles. The van der Waals surface area contributed by atoms with Crippen LogP contribution in [0.5, 0.6) is 0 Å². The predicted octanol–water partition coefficient (Wildman–Crippen LogP) is 1.74. The monoisotopic (exact) mass is 227 g/mol. The highest BCUT2D eigenvalue weighted by molar-refractivity contribution is 6.29. The first-order valence-corrected chi connectivity index (χ1v) is 5.41. The fraction of sp³-hybridized carbons (Fsp3) is 0.600. The Kier molecular flexibility index (Phi) is 3.07. The maximum absolute atomic E-state index is 5.81. The molecule has 1 aromatic rings. The Balaban J connectivity index is 2.16. The second-order valence-electron chi connectivity index (χ2n) is 3.90. The van der Waals surface area contributed by atoms with Crippen LogP contribution in [0.2, 0.25) is 5.15 Å². The maximum Gasteiger partial charge on any atom is 0.153 e. The first-order chi connectivity index (χ1) is 7.15. The summed E-state index contributed by atoms with van der Waals surface area (Å²) in [5.74, 6) is 0. The molecule has 0 aromatic carbocycles. The highest BCUT2D eigenvalue weighted by Crippen LogP contribution is 2.20.